The highest BCUT2D eigenvalue weighted by Gasteiger charge is 2.14. The van der Waals surface area contributed by atoms with E-state index in [2.05, 4.69) is 15.3 Å². The number of anilines is 1. The first kappa shape index (κ1) is 11.2. The number of carbonyl (C=O) groups is 1. The van der Waals surface area contributed by atoms with E-state index in [1.807, 2.05) is 6.07 Å². The Balaban J connectivity index is 2.68. The minimum Gasteiger partial charge on any atom is -0.372 e. The van der Waals surface area contributed by atoms with Crippen molar-refractivity contribution in [2.45, 2.75) is 0 Å². The first-order chi connectivity index (χ1) is 8.26. The first-order valence-corrected chi connectivity index (χ1v) is 5.02. The smallest absolute Gasteiger partial charge is 0.311 e. The molecule has 1 aromatic carbocycles. The standard InChI is InChI=1S/C12H10FN3O/c1-14-11-9(7-17)10(15-12(13)16-11)8-5-3-2-4-6-8/h2-7H,1H3,(H,14,15,16). The van der Waals surface area contributed by atoms with Crippen LogP contribution in [0.1, 0.15) is 10.4 Å². The molecule has 1 heterocycles. The number of nitrogens with one attached hydrogen (secondary N) is 1. The molecule has 2 rings (SSSR count). The molecule has 0 aliphatic rings. The fourth-order valence-corrected chi connectivity index (χ4v) is 1.56. The Morgan fingerprint density at radius 1 is 1.24 bits per heavy atom. The zero-order valence-electron chi connectivity index (χ0n) is 9.14. The Hall–Kier alpha value is -2.30. The van der Waals surface area contributed by atoms with E-state index in [0.29, 0.717) is 11.8 Å². The minimum absolute atomic E-state index is 0.186. The monoisotopic (exact) mass is 231 g/mol. The lowest BCUT2D eigenvalue weighted by molar-refractivity contribution is 0.112. The second kappa shape index (κ2) is 4.69. The number of carbonyl (C=O) groups excluding carboxylic acids is 1. The van der Waals surface area contributed by atoms with Crippen molar-refractivity contribution in [2.24, 2.45) is 0 Å². The molecule has 0 saturated carbocycles. The molecule has 1 aromatic heterocycles. The number of nitrogens with zero attached hydrogens (tertiary/aromatic N) is 2. The van der Waals surface area contributed by atoms with Crippen LogP contribution in [-0.2, 0) is 0 Å². The average Bonchev–Trinajstić information content (AvgIpc) is 2.38. The maximum absolute atomic E-state index is 13.2. The van der Waals surface area contributed by atoms with Crippen LogP contribution in [-0.4, -0.2) is 23.3 Å². The van der Waals surface area contributed by atoms with Gasteiger partial charge < -0.3 is 5.32 Å². The number of aldehydes is 1. The van der Waals surface area contributed by atoms with Gasteiger partial charge in [-0.1, -0.05) is 30.3 Å². The van der Waals surface area contributed by atoms with E-state index in [-0.39, 0.29) is 17.1 Å². The highest BCUT2D eigenvalue weighted by Crippen LogP contribution is 2.24. The maximum atomic E-state index is 13.2. The zero-order chi connectivity index (χ0) is 12.3. The van der Waals surface area contributed by atoms with Crippen molar-refractivity contribution in [3.05, 3.63) is 42.0 Å². The summed E-state index contributed by atoms with van der Waals surface area (Å²) >= 11 is 0. The number of rotatable bonds is 3. The van der Waals surface area contributed by atoms with E-state index in [0.717, 1.165) is 0 Å². The van der Waals surface area contributed by atoms with Gasteiger partial charge in [-0.3, -0.25) is 4.79 Å². The van der Waals surface area contributed by atoms with Crippen LogP contribution in [0, 0.1) is 6.08 Å². The molecule has 0 bridgehead atoms. The normalized spacial score (nSPS) is 10.0. The number of hydrogen-bond acceptors (Lipinski definition) is 4. The predicted molar refractivity (Wildman–Crippen MR) is 62.4 cm³/mol. The van der Waals surface area contributed by atoms with Crippen LogP contribution in [0.3, 0.4) is 0 Å². The van der Waals surface area contributed by atoms with Crippen LogP contribution in [0.25, 0.3) is 11.3 Å². The van der Waals surface area contributed by atoms with Gasteiger partial charge in [0.05, 0.1) is 11.3 Å². The quantitative estimate of drug-likeness (QED) is 0.649. The molecule has 0 radical (unpaired) electrons. The van der Waals surface area contributed by atoms with Crippen molar-refractivity contribution in [1.82, 2.24) is 9.97 Å². The molecular formula is C12H10FN3O. The molecule has 2 aromatic rings. The zero-order valence-corrected chi connectivity index (χ0v) is 9.14. The van der Waals surface area contributed by atoms with Crippen LogP contribution in [0.2, 0.25) is 0 Å². The lowest BCUT2D eigenvalue weighted by atomic mass is 10.1. The summed E-state index contributed by atoms with van der Waals surface area (Å²) in [6.07, 6.45) is -0.244. The van der Waals surface area contributed by atoms with Gasteiger partial charge >= 0.3 is 6.08 Å². The van der Waals surface area contributed by atoms with Gasteiger partial charge in [-0.05, 0) is 0 Å². The third-order valence-corrected chi connectivity index (χ3v) is 2.32. The summed E-state index contributed by atoms with van der Waals surface area (Å²) in [4.78, 5) is 18.3. The maximum Gasteiger partial charge on any atom is 0.311 e. The van der Waals surface area contributed by atoms with E-state index in [1.165, 1.54) is 0 Å². The number of benzene rings is 1. The summed E-state index contributed by atoms with van der Waals surface area (Å²) in [5.41, 5.74) is 1.21. The van der Waals surface area contributed by atoms with Gasteiger partial charge in [0.25, 0.3) is 0 Å². The average molecular weight is 231 g/mol. The summed E-state index contributed by atoms with van der Waals surface area (Å²) in [6.45, 7) is 0. The SMILES string of the molecule is CNc1nc(F)nc(-c2ccccc2)c1C=O. The third-order valence-electron chi connectivity index (χ3n) is 2.32. The molecule has 4 nitrogen and oxygen atoms in total. The van der Waals surface area contributed by atoms with Gasteiger partial charge in [0, 0.05) is 12.6 Å². The Kier molecular flexibility index (Phi) is 3.09. The van der Waals surface area contributed by atoms with Crippen molar-refractivity contribution < 1.29 is 9.18 Å². The molecule has 0 amide bonds. The van der Waals surface area contributed by atoms with Crippen LogP contribution in [0.4, 0.5) is 10.2 Å². The number of halogens is 1. The molecule has 0 aliphatic carbocycles. The molecule has 1 N–H and O–H groups in total. The summed E-state index contributed by atoms with van der Waals surface area (Å²) in [7, 11) is 1.57. The van der Waals surface area contributed by atoms with Crippen LogP contribution in [0.5, 0.6) is 0 Å². The molecular weight excluding hydrogens is 221 g/mol. The topological polar surface area (TPSA) is 54.9 Å². The minimum atomic E-state index is -0.862. The fraction of sp³-hybridized carbons (Fsp3) is 0.0833. The van der Waals surface area contributed by atoms with E-state index >= 15 is 0 Å². The molecule has 17 heavy (non-hydrogen) atoms. The van der Waals surface area contributed by atoms with E-state index < -0.39 is 6.08 Å². The molecule has 86 valence electrons. The Morgan fingerprint density at radius 2 is 1.94 bits per heavy atom. The Bertz CT molecular complexity index is 543. The van der Waals surface area contributed by atoms with Crippen LogP contribution in [0.15, 0.2) is 30.3 Å². The van der Waals surface area contributed by atoms with Gasteiger partial charge in [-0.15, -0.1) is 0 Å². The Labute approximate surface area is 97.5 Å². The van der Waals surface area contributed by atoms with Crippen molar-refractivity contribution in [1.29, 1.82) is 0 Å². The first-order valence-electron chi connectivity index (χ1n) is 5.02. The second-order valence-electron chi connectivity index (χ2n) is 3.34. The molecule has 0 atom stereocenters. The van der Waals surface area contributed by atoms with Gasteiger partial charge in [0.15, 0.2) is 6.29 Å². The molecule has 0 unspecified atom stereocenters. The van der Waals surface area contributed by atoms with Gasteiger partial charge in [0.1, 0.15) is 5.82 Å². The van der Waals surface area contributed by atoms with E-state index in [9.17, 15) is 9.18 Å². The highest BCUT2D eigenvalue weighted by atomic mass is 19.1. The van der Waals surface area contributed by atoms with Crippen molar-refractivity contribution in [3.63, 3.8) is 0 Å². The molecule has 0 spiro atoms. The van der Waals surface area contributed by atoms with Crippen molar-refractivity contribution >= 4 is 12.1 Å². The van der Waals surface area contributed by atoms with Crippen LogP contribution >= 0.6 is 0 Å². The number of aromatic nitrogens is 2. The molecule has 0 fully saturated rings. The van der Waals surface area contributed by atoms with Gasteiger partial charge in [-0.25, -0.2) is 4.98 Å². The second-order valence-corrected chi connectivity index (χ2v) is 3.34. The van der Waals surface area contributed by atoms with E-state index in [4.69, 9.17) is 0 Å². The lowest BCUT2D eigenvalue weighted by Crippen LogP contribution is -2.05. The molecule has 0 aliphatic heterocycles. The predicted octanol–water partition coefficient (Wildman–Crippen LogP) is 2.14. The highest BCUT2D eigenvalue weighted by molar-refractivity contribution is 5.91. The van der Waals surface area contributed by atoms with Crippen molar-refractivity contribution in [3.8, 4) is 11.3 Å². The Morgan fingerprint density at radius 3 is 2.53 bits per heavy atom. The molecule has 5 heteroatoms. The fourth-order valence-electron chi connectivity index (χ4n) is 1.56. The summed E-state index contributed by atoms with van der Waals surface area (Å²) in [5.74, 6) is 0.186. The summed E-state index contributed by atoms with van der Waals surface area (Å²) < 4.78 is 13.2. The van der Waals surface area contributed by atoms with Gasteiger partial charge in [-0.2, -0.15) is 9.37 Å². The van der Waals surface area contributed by atoms with Crippen molar-refractivity contribution in [2.75, 3.05) is 12.4 Å². The third kappa shape index (κ3) is 2.13. The van der Waals surface area contributed by atoms with E-state index in [1.54, 1.807) is 31.3 Å². The summed E-state index contributed by atoms with van der Waals surface area (Å²) in [6, 6.07) is 8.94. The summed E-state index contributed by atoms with van der Waals surface area (Å²) in [5, 5.41) is 2.68. The lowest BCUT2D eigenvalue weighted by Gasteiger charge is -2.08. The number of hydrogen-bond donors (Lipinski definition) is 1. The largest absolute Gasteiger partial charge is 0.372 e. The van der Waals surface area contributed by atoms with Gasteiger partial charge in [0.2, 0.25) is 0 Å². The van der Waals surface area contributed by atoms with Crippen LogP contribution < -0.4 is 5.32 Å². The molecule has 0 saturated heterocycles.